The topological polar surface area (TPSA) is 41.5 Å². The van der Waals surface area contributed by atoms with Gasteiger partial charge in [0.2, 0.25) is 0 Å². The van der Waals surface area contributed by atoms with Crippen molar-refractivity contribution in [2.75, 3.05) is 0 Å². The molecule has 1 amide bonds. The fraction of sp³-hybridized carbons (Fsp3) is 0.333. The molecule has 0 rings (SSSR count). The molecule has 0 saturated heterocycles. The second-order valence-electron chi connectivity index (χ2n) is 5.31. The van der Waals surface area contributed by atoms with E-state index in [9.17, 15) is 4.79 Å². The number of allylic oxidation sites excluding steroid dienone is 4. The molecule has 0 heterocycles. The van der Waals surface area contributed by atoms with Gasteiger partial charge in [-0.1, -0.05) is 44.7 Å². The molecule has 22 heavy (non-hydrogen) atoms. The van der Waals surface area contributed by atoms with Gasteiger partial charge in [0, 0.05) is 12.4 Å². The van der Waals surface area contributed by atoms with Crippen LogP contribution in [0, 0.1) is 5.92 Å². The highest BCUT2D eigenvalue weighted by atomic mass is 35.5. The molecule has 1 N–H and O–H groups in total. The van der Waals surface area contributed by atoms with E-state index in [0.29, 0.717) is 27.8 Å². The molecule has 0 aromatic carbocycles. The minimum absolute atomic E-state index is 0.313. The first-order chi connectivity index (χ1) is 10.2. The Balaban J connectivity index is 5.38. The van der Waals surface area contributed by atoms with Crippen LogP contribution in [0.5, 0.6) is 0 Å². The number of rotatable bonds is 7. The van der Waals surface area contributed by atoms with E-state index in [1.54, 1.807) is 25.3 Å². The zero-order valence-electron chi connectivity index (χ0n) is 14.0. The molecule has 0 saturated carbocycles. The van der Waals surface area contributed by atoms with Crippen LogP contribution < -0.4 is 5.32 Å². The summed E-state index contributed by atoms with van der Waals surface area (Å²) in [6.07, 6.45) is 6.76. The predicted molar refractivity (Wildman–Crippen MR) is 96.9 cm³/mol. The van der Waals surface area contributed by atoms with Crippen molar-refractivity contribution in [3.05, 3.63) is 59.0 Å². The number of hydrogen-bond acceptors (Lipinski definition) is 2. The molecule has 0 bridgehead atoms. The van der Waals surface area contributed by atoms with Crippen molar-refractivity contribution < 1.29 is 4.79 Å². The minimum atomic E-state index is -0.325. The molecule has 0 aromatic rings. The van der Waals surface area contributed by atoms with Crippen LogP contribution in [0.1, 0.15) is 34.6 Å². The summed E-state index contributed by atoms with van der Waals surface area (Å²) in [5, 5.41) is 3.05. The SMILES string of the molecule is C=C(C)C(C(=O)N/C=C(/N=CC(C)C)C(=C)C)=C(Cl)C=CC. The Bertz CT molecular complexity index is 564. The second kappa shape index (κ2) is 9.96. The van der Waals surface area contributed by atoms with Crippen LogP contribution in [0.15, 0.2) is 64.0 Å². The van der Waals surface area contributed by atoms with E-state index in [1.165, 1.54) is 6.20 Å². The normalized spacial score (nSPS) is 13.7. The van der Waals surface area contributed by atoms with E-state index in [4.69, 9.17) is 11.6 Å². The molecule has 0 atom stereocenters. The number of carbonyl (C=O) groups excluding carboxylic acids is 1. The third-order valence-electron chi connectivity index (χ3n) is 2.49. The summed E-state index contributed by atoms with van der Waals surface area (Å²) < 4.78 is 0. The molecular weight excluding hydrogens is 296 g/mol. The fourth-order valence-corrected chi connectivity index (χ4v) is 1.82. The summed E-state index contributed by atoms with van der Waals surface area (Å²) in [5.41, 5.74) is 2.32. The van der Waals surface area contributed by atoms with E-state index >= 15 is 0 Å². The molecule has 120 valence electrons. The monoisotopic (exact) mass is 320 g/mol. The van der Waals surface area contributed by atoms with Gasteiger partial charge < -0.3 is 5.32 Å². The Kier molecular flexibility index (Phi) is 9.11. The van der Waals surface area contributed by atoms with Gasteiger partial charge in [0.15, 0.2) is 0 Å². The van der Waals surface area contributed by atoms with Crippen molar-refractivity contribution in [1.29, 1.82) is 0 Å². The summed E-state index contributed by atoms with van der Waals surface area (Å²) in [5.74, 6) is -0.0115. The third-order valence-corrected chi connectivity index (χ3v) is 2.81. The average molecular weight is 321 g/mol. The van der Waals surface area contributed by atoms with Gasteiger partial charge >= 0.3 is 0 Å². The Hall–Kier alpha value is -1.87. The maximum absolute atomic E-state index is 12.3. The first-order valence-corrected chi connectivity index (χ1v) is 7.47. The third kappa shape index (κ3) is 7.23. The van der Waals surface area contributed by atoms with Crippen LogP contribution in [0.3, 0.4) is 0 Å². The van der Waals surface area contributed by atoms with Gasteiger partial charge in [-0.3, -0.25) is 9.79 Å². The molecule has 3 nitrogen and oxygen atoms in total. The van der Waals surface area contributed by atoms with Gasteiger partial charge in [0.25, 0.3) is 5.91 Å². The summed E-state index contributed by atoms with van der Waals surface area (Å²) in [7, 11) is 0. The molecule has 0 unspecified atom stereocenters. The summed E-state index contributed by atoms with van der Waals surface area (Å²) in [6.45, 7) is 17.1. The van der Waals surface area contributed by atoms with E-state index < -0.39 is 0 Å². The predicted octanol–water partition coefficient (Wildman–Crippen LogP) is 4.89. The maximum atomic E-state index is 12.3. The summed E-state index contributed by atoms with van der Waals surface area (Å²) in [6, 6.07) is 0. The molecule has 0 aliphatic heterocycles. The molecule has 0 aliphatic rings. The van der Waals surface area contributed by atoms with E-state index in [2.05, 4.69) is 23.5 Å². The van der Waals surface area contributed by atoms with Crippen molar-refractivity contribution in [3.8, 4) is 0 Å². The molecule has 0 aliphatic carbocycles. The van der Waals surface area contributed by atoms with Crippen molar-refractivity contribution in [2.24, 2.45) is 10.9 Å². The van der Waals surface area contributed by atoms with Crippen LogP contribution in [0.4, 0.5) is 0 Å². The minimum Gasteiger partial charge on any atom is -0.326 e. The maximum Gasteiger partial charge on any atom is 0.257 e. The largest absolute Gasteiger partial charge is 0.326 e. The summed E-state index contributed by atoms with van der Waals surface area (Å²) >= 11 is 6.12. The van der Waals surface area contributed by atoms with Crippen LogP contribution in [-0.4, -0.2) is 12.1 Å². The van der Waals surface area contributed by atoms with Gasteiger partial charge in [0.1, 0.15) is 0 Å². The number of hydrogen-bond donors (Lipinski definition) is 1. The smallest absolute Gasteiger partial charge is 0.257 e. The molecule has 0 fully saturated rings. The molecule has 0 radical (unpaired) electrons. The Morgan fingerprint density at radius 2 is 1.82 bits per heavy atom. The lowest BCUT2D eigenvalue weighted by Gasteiger charge is -2.08. The first-order valence-electron chi connectivity index (χ1n) is 7.10. The van der Waals surface area contributed by atoms with Crippen LogP contribution >= 0.6 is 11.6 Å². The number of carbonyl (C=O) groups is 1. The van der Waals surface area contributed by atoms with Crippen LogP contribution in [-0.2, 0) is 4.79 Å². The average Bonchev–Trinajstić information content (AvgIpc) is 2.37. The second-order valence-corrected chi connectivity index (χ2v) is 5.72. The highest BCUT2D eigenvalue weighted by Gasteiger charge is 2.13. The Morgan fingerprint density at radius 1 is 1.23 bits per heavy atom. The van der Waals surface area contributed by atoms with Crippen LogP contribution in [0.25, 0.3) is 0 Å². The lowest BCUT2D eigenvalue weighted by Crippen LogP contribution is -2.21. The van der Waals surface area contributed by atoms with E-state index in [0.717, 1.165) is 5.57 Å². The number of aliphatic imine (C=N–C) groups is 1. The van der Waals surface area contributed by atoms with Gasteiger partial charge in [0.05, 0.1) is 16.3 Å². The first kappa shape index (κ1) is 20.1. The highest BCUT2D eigenvalue weighted by molar-refractivity contribution is 6.34. The zero-order valence-corrected chi connectivity index (χ0v) is 14.8. The van der Waals surface area contributed by atoms with E-state index in [-0.39, 0.29) is 5.91 Å². The zero-order chi connectivity index (χ0) is 17.3. The van der Waals surface area contributed by atoms with Gasteiger partial charge in [-0.2, -0.15) is 0 Å². The number of halogens is 1. The van der Waals surface area contributed by atoms with Gasteiger partial charge in [-0.05, 0) is 43.9 Å². The van der Waals surface area contributed by atoms with Crippen molar-refractivity contribution >= 4 is 23.7 Å². The van der Waals surface area contributed by atoms with Crippen LogP contribution in [0.2, 0.25) is 0 Å². The molecule has 0 spiro atoms. The summed E-state index contributed by atoms with van der Waals surface area (Å²) in [4.78, 5) is 16.6. The molecule has 0 aromatic heterocycles. The number of amides is 1. The van der Waals surface area contributed by atoms with Crippen molar-refractivity contribution in [3.63, 3.8) is 0 Å². The lowest BCUT2D eigenvalue weighted by molar-refractivity contribution is -0.116. The highest BCUT2D eigenvalue weighted by Crippen LogP contribution is 2.18. The standard InChI is InChI=1S/C18H25ClN2O/c1-8-9-15(19)17(14(6)7)18(22)21-11-16(13(4)5)20-10-12(2)3/h8-12H,4,6H2,1-3,5,7H3,(H,21,22)/b9-8?,16-11+,17-15?,20-10?. The van der Waals surface area contributed by atoms with Gasteiger partial charge in [-0.25, -0.2) is 0 Å². The number of nitrogens with one attached hydrogen (secondary N) is 1. The van der Waals surface area contributed by atoms with E-state index in [1.807, 2.05) is 27.7 Å². The number of nitrogens with zero attached hydrogens (tertiary/aromatic N) is 1. The van der Waals surface area contributed by atoms with Crippen molar-refractivity contribution in [2.45, 2.75) is 34.6 Å². The van der Waals surface area contributed by atoms with Crippen molar-refractivity contribution in [1.82, 2.24) is 5.32 Å². The fourth-order valence-electron chi connectivity index (χ4n) is 1.44. The molecule has 4 heteroatoms. The van der Waals surface area contributed by atoms with Gasteiger partial charge in [-0.15, -0.1) is 0 Å². The molecular formula is C18H25ClN2O. The lowest BCUT2D eigenvalue weighted by atomic mass is 10.1. The Morgan fingerprint density at radius 3 is 2.23 bits per heavy atom. The quantitative estimate of drug-likeness (QED) is 0.405. The Labute approximate surface area is 138 Å².